The second kappa shape index (κ2) is 5.02. The maximum Gasteiger partial charge on any atom is 0.120 e. The third-order valence-corrected chi connectivity index (χ3v) is 4.27. The zero-order valence-corrected chi connectivity index (χ0v) is 11.4. The Bertz CT molecular complexity index is 463. The maximum atomic E-state index is 9.98. The van der Waals surface area contributed by atoms with E-state index in [-0.39, 0.29) is 6.04 Å². The van der Waals surface area contributed by atoms with Crippen molar-refractivity contribution in [1.82, 2.24) is 5.32 Å². The van der Waals surface area contributed by atoms with Crippen LogP contribution in [0.25, 0.3) is 0 Å². The number of nitrogens with one attached hydrogen (secondary N) is 1. The van der Waals surface area contributed by atoms with E-state index in [9.17, 15) is 5.11 Å². The first-order valence-corrected chi connectivity index (χ1v) is 6.96. The fourth-order valence-corrected chi connectivity index (χ4v) is 3.23. The molecule has 1 aromatic carbocycles. The number of ether oxygens (including phenoxy) is 2. The smallest absolute Gasteiger partial charge is 0.120 e. The molecule has 2 saturated heterocycles. The summed E-state index contributed by atoms with van der Waals surface area (Å²) in [6.07, 6.45) is 4.22. The molecule has 2 N–H and O–H groups in total. The fraction of sp³-hybridized carbons (Fsp3) is 0.600. The lowest BCUT2D eigenvalue weighted by molar-refractivity contribution is 0.0962. The van der Waals surface area contributed by atoms with Crippen molar-refractivity contribution in [1.29, 1.82) is 0 Å². The molecule has 0 radical (unpaired) electrons. The van der Waals surface area contributed by atoms with Crippen LogP contribution in [0.3, 0.4) is 0 Å². The molecule has 4 nitrogen and oxygen atoms in total. The van der Waals surface area contributed by atoms with Crippen LogP contribution >= 0.6 is 0 Å². The van der Waals surface area contributed by atoms with E-state index in [1.165, 1.54) is 6.42 Å². The van der Waals surface area contributed by atoms with Crippen LogP contribution in [-0.2, 0) is 4.74 Å². The summed E-state index contributed by atoms with van der Waals surface area (Å²) >= 11 is 0. The minimum absolute atomic E-state index is 0.0862. The highest BCUT2D eigenvalue weighted by atomic mass is 16.5. The molecule has 0 aromatic heterocycles. The lowest BCUT2D eigenvalue weighted by atomic mass is 9.94. The highest BCUT2D eigenvalue weighted by Gasteiger charge is 2.41. The monoisotopic (exact) mass is 263 g/mol. The van der Waals surface area contributed by atoms with E-state index in [1.807, 2.05) is 6.07 Å². The minimum atomic E-state index is 0.0862. The first-order valence-electron chi connectivity index (χ1n) is 6.96. The molecule has 4 unspecified atom stereocenters. The van der Waals surface area contributed by atoms with Gasteiger partial charge in [-0.1, -0.05) is 0 Å². The van der Waals surface area contributed by atoms with Crippen molar-refractivity contribution >= 4 is 0 Å². The lowest BCUT2D eigenvalue weighted by Gasteiger charge is -2.25. The molecule has 0 aliphatic carbocycles. The molecule has 2 aliphatic heterocycles. The van der Waals surface area contributed by atoms with Crippen LogP contribution in [0.1, 0.15) is 37.8 Å². The predicted molar refractivity (Wildman–Crippen MR) is 72.5 cm³/mol. The van der Waals surface area contributed by atoms with Gasteiger partial charge in [-0.05, 0) is 44.4 Å². The molecule has 0 saturated carbocycles. The number of benzene rings is 1. The van der Waals surface area contributed by atoms with E-state index in [0.717, 1.165) is 24.2 Å². The van der Waals surface area contributed by atoms with E-state index in [1.54, 1.807) is 19.2 Å². The average molecular weight is 263 g/mol. The fourth-order valence-electron chi connectivity index (χ4n) is 3.23. The largest absolute Gasteiger partial charge is 0.508 e. The Hall–Kier alpha value is -1.26. The Morgan fingerprint density at radius 2 is 2.26 bits per heavy atom. The third-order valence-electron chi connectivity index (χ3n) is 4.27. The molecular weight excluding hydrogens is 242 g/mol. The quantitative estimate of drug-likeness (QED) is 0.875. The number of hydrogen-bond acceptors (Lipinski definition) is 4. The second-order valence-corrected chi connectivity index (χ2v) is 5.53. The number of fused-ring (bicyclic) bond motifs is 2. The van der Waals surface area contributed by atoms with Crippen molar-refractivity contribution in [3.05, 3.63) is 23.8 Å². The molecule has 2 aliphatic rings. The molecule has 3 rings (SSSR count). The van der Waals surface area contributed by atoms with Gasteiger partial charge in [0.2, 0.25) is 0 Å². The summed E-state index contributed by atoms with van der Waals surface area (Å²) in [5, 5.41) is 13.6. The zero-order valence-electron chi connectivity index (χ0n) is 11.4. The number of methoxy groups -OCH3 is 1. The summed E-state index contributed by atoms with van der Waals surface area (Å²) in [6, 6.07) is 5.83. The molecule has 2 bridgehead atoms. The highest BCUT2D eigenvalue weighted by molar-refractivity contribution is 5.41. The summed E-state index contributed by atoms with van der Waals surface area (Å²) in [7, 11) is 1.64. The molecule has 0 spiro atoms. The summed E-state index contributed by atoms with van der Waals surface area (Å²) in [4.78, 5) is 0. The van der Waals surface area contributed by atoms with Gasteiger partial charge in [-0.15, -0.1) is 0 Å². The summed E-state index contributed by atoms with van der Waals surface area (Å²) in [5.41, 5.74) is 0.877. The van der Waals surface area contributed by atoms with Crippen LogP contribution in [0.4, 0.5) is 0 Å². The maximum absolute atomic E-state index is 9.98. The van der Waals surface area contributed by atoms with Gasteiger partial charge in [-0.25, -0.2) is 0 Å². The molecule has 4 atom stereocenters. The first kappa shape index (κ1) is 12.8. The van der Waals surface area contributed by atoms with E-state index in [2.05, 4.69) is 12.2 Å². The van der Waals surface area contributed by atoms with Gasteiger partial charge in [0, 0.05) is 17.6 Å². The van der Waals surface area contributed by atoms with Crippen LogP contribution in [0.15, 0.2) is 18.2 Å². The summed E-state index contributed by atoms with van der Waals surface area (Å²) < 4.78 is 11.1. The lowest BCUT2D eigenvalue weighted by Crippen LogP contribution is -2.39. The van der Waals surface area contributed by atoms with Gasteiger partial charge in [0.25, 0.3) is 0 Å². The van der Waals surface area contributed by atoms with Gasteiger partial charge in [0.05, 0.1) is 19.3 Å². The second-order valence-electron chi connectivity index (χ2n) is 5.53. The predicted octanol–water partition coefficient (Wildman–Crippen LogP) is 2.37. The number of aromatic hydroxyl groups is 1. The Kier molecular flexibility index (Phi) is 3.37. The van der Waals surface area contributed by atoms with Gasteiger partial charge in [0.15, 0.2) is 0 Å². The van der Waals surface area contributed by atoms with Crippen molar-refractivity contribution in [2.24, 2.45) is 0 Å². The summed E-state index contributed by atoms with van der Waals surface area (Å²) in [5.74, 6) is 1.08. The number of rotatable bonds is 4. The molecule has 19 heavy (non-hydrogen) atoms. The summed E-state index contributed by atoms with van der Waals surface area (Å²) in [6.45, 7) is 2.07. The normalized spacial score (nSPS) is 30.5. The Labute approximate surface area is 113 Å². The van der Waals surface area contributed by atoms with Crippen LogP contribution < -0.4 is 10.1 Å². The van der Waals surface area contributed by atoms with Crippen LogP contribution in [0.2, 0.25) is 0 Å². The number of phenols is 1. The third kappa shape index (κ3) is 2.42. The van der Waals surface area contributed by atoms with Crippen LogP contribution in [0, 0.1) is 0 Å². The molecule has 2 heterocycles. The molecule has 4 heteroatoms. The van der Waals surface area contributed by atoms with Gasteiger partial charge in [0.1, 0.15) is 11.5 Å². The Morgan fingerprint density at radius 3 is 2.89 bits per heavy atom. The highest BCUT2D eigenvalue weighted by Crippen LogP contribution is 2.36. The van der Waals surface area contributed by atoms with Crippen LogP contribution in [0.5, 0.6) is 11.5 Å². The van der Waals surface area contributed by atoms with Gasteiger partial charge in [-0.3, -0.25) is 0 Å². The number of hydrogen-bond donors (Lipinski definition) is 2. The molecular formula is C15H21NO3. The molecule has 1 aromatic rings. The van der Waals surface area contributed by atoms with Crippen molar-refractivity contribution in [2.75, 3.05) is 7.11 Å². The van der Waals surface area contributed by atoms with Gasteiger partial charge in [-0.2, -0.15) is 0 Å². The van der Waals surface area contributed by atoms with Gasteiger partial charge < -0.3 is 19.9 Å². The zero-order chi connectivity index (χ0) is 13.4. The van der Waals surface area contributed by atoms with E-state index >= 15 is 0 Å². The van der Waals surface area contributed by atoms with Gasteiger partial charge >= 0.3 is 0 Å². The van der Waals surface area contributed by atoms with Crippen molar-refractivity contribution < 1.29 is 14.6 Å². The van der Waals surface area contributed by atoms with Crippen molar-refractivity contribution in [3.8, 4) is 11.5 Å². The Balaban J connectivity index is 1.71. The van der Waals surface area contributed by atoms with E-state index in [4.69, 9.17) is 9.47 Å². The minimum Gasteiger partial charge on any atom is -0.508 e. The van der Waals surface area contributed by atoms with E-state index in [0.29, 0.717) is 24.0 Å². The first-order chi connectivity index (χ1) is 9.17. The Morgan fingerprint density at radius 1 is 1.42 bits per heavy atom. The topological polar surface area (TPSA) is 50.7 Å². The average Bonchev–Trinajstić information content (AvgIpc) is 3.01. The number of phenolic OH excluding ortho intramolecular Hbond substituents is 1. The SMILES string of the molecule is COc1ccc(O)c(C(C)NC2CC3CCC2O3)c1. The standard InChI is InChI=1S/C15H21NO3/c1-9(12-7-10(18-2)3-5-14(12)17)16-13-8-11-4-6-15(13)19-11/h3,5,7,9,11,13,15-17H,4,6,8H2,1-2H3. The molecule has 2 fully saturated rings. The molecule has 0 amide bonds. The van der Waals surface area contributed by atoms with E-state index < -0.39 is 0 Å². The van der Waals surface area contributed by atoms with Crippen molar-refractivity contribution in [3.63, 3.8) is 0 Å². The van der Waals surface area contributed by atoms with Crippen molar-refractivity contribution in [2.45, 2.75) is 50.5 Å². The molecule has 104 valence electrons. The van der Waals surface area contributed by atoms with Crippen LogP contribution in [-0.4, -0.2) is 30.5 Å².